The van der Waals surface area contributed by atoms with Crippen molar-refractivity contribution in [1.29, 1.82) is 0 Å². The number of benzene rings is 2. The second kappa shape index (κ2) is 11.8. The van der Waals surface area contributed by atoms with Crippen LogP contribution < -0.4 is 4.72 Å². The topological polar surface area (TPSA) is 111 Å². The number of rotatable bonds is 11. The van der Waals surface area contributed by atoms with E-state index in [-0.39, 0.29) is 23.9 Å². The van der Waals surface area contributed by atoms with Gasteiger partial charge in [0.05, 0.1) is 6.42 Å². The van der Waals surface area contributed by atoms with E-state index in [4.69, 9.17) is 4.74 Å². The van der Waals surface area contributed by atoms with Crippen LogP contribution in [-0.4, -0.2) is 47.4 Å². The van der Waals surface area contributed by atoms with Gasteiger partial charge in [0.2, 0.25) is 0 Å². The molecule has 1 aromatic heterocycles. The minimum Gasteiger partial charge on any atom is -0.452 e. The summed E-state index contributed by atoms with van der Waals surface area (Å²) in [5.41, 5.74) is 1.91. The maximum atomic E-state index is 13.2. The van der Waals surface area contributed by atoms with Crippen molar-refractivity contribution in [3.8, 4) is 0 Å². The molecule has 186 valence electrons. The number of hydrogen-bond donors (Lipinski definition) is 1. The fraction of sp³-hybridized carbons (Fsp3) is 0.320. The number of aromatic nitrogens is 2. The highest BCUT2D eigenvalue weighted by atomic mass is 32.2. The summed E-state index contributed by atoms with van der Waals surface area (Å²) < 4.78 is 33.9. The van der Waals surface area contributed by atoms with Gasteiger partial charge >= 0.3 is 5.97 Å². The van der Waals surface area contributed by atoms with Crippen molar-refractivity contribution in [3.05, 3.63) is 83.8 Å². The zero-order valence-electron chi connectivity index (χ0n) is 20.0. The van der Waals surface area contributed by atoms with Crippen molar-refractivity contribution >= 4 is 21.9 Å². The summed E-state index contributed by atoms with van der Waals surface area (Å²) in [6.45, 7) is 3.76. The Morgan fingerprint density at radius 1 is 1.03 bits per heavy atom. The molecule has 0 saturated heterocycles. The number of aryl methyl sites for hydroxylation is 2. The van der Waals surface area contributed by atoms with Gasteiger partial charge < -0.3 is 14.2 Å². The third kappa shape index (κ3) is 7.49. The summed E-state index contributed by atoms with van der Waals surface area (Å²) in [5.74, 6) is -0.464. The van der Waals surface area contributed by atoms with Crippen LogP contribution in [0.1, 0.15) is 30.3 Å². The van der Waals surface area contributed by atoms with Crippen LogP contribution >= 0.6 is 0 Å². The molecule has 0 spiro atoms. The highest BCUT2D eigenvalue weighted by molar-refractivity contribution is 7.89. The molecule has 1 unspecified atom stereocenters. The first-order chi connectivity index (χ1) is 16.7. The Labute approximate surface area is 205 Å². The van der Waals surface area contributed by atoms with E-state index < -0.39 is 22.1 Å². The predicted octanol–water partition coefficient (Wildman–Crippen LogP) is 2.56. The number of amides is 1. The summed E-state index contributed by atoms with van der Waals surface area (Å²) in [4.78, 5) is 31.1. The van der Waals surface area contributed by atoms with Crippen LogP contribution in [0, 0.1) is 6.92 Å². The first-order valence-electron chi connectivity index (χ1n) is 11.2. The fourth-order valence-electron chi connectivity index (χ4n) is 3.40. The van der Waals surface area contributed by atoms with E-state index in [1.54, 1.807) is 23.4 Å². The predicted molar refractivity (Wildman–Crippen MR) is 130 cm³/mol. The van der Waals surface area contributed by atoms with Crippen LogP contribution in [0.3, 0.4) is 0 Å². The lowest BCUT2D eigenvalue weighted by Gasteiger charge is -2.26. The molecular weight excluding hydrogens is 468 g/mol. The first-order valence-corrected chi connectivity index (χ1v) is 12.7. The fourth-order valence-corrected chi connectivity index (χ4v) is 4.47. The Balaban J connectivity index is 1.57. The Kier molecular flexibility index (Phi) is 8.78. The van der Waals surface area contributed by atoms with E-state index in [2.05, 4.69) is 9.71 Å². The standard InChI is InChI=1S/C25H30N4O5S/c1-19(34-24(30)14-15-26-35(32,33)23-18-28(3)20(2)27-23)25(31)29(16-21-10-6-4-7-11-21)17-22-12-8-5-9-13-22/h4-13,18-19,26H,14-17H2,1-3H3. The number of esters is 1. The van der Waals surface area contributed by atoms with Crippen molar-refractivity contribution in [2.24, 2.45) is 7.05 Å². The molecule has 2 aromatic carbocycles. The van der Waals surface area contributed by atoms with Crippen molar-refractivity contribution in [3.63, 3.8) is 0 Å². The van der Waals surface area contributed by atoms with Crippen LogP contribution in [0.4, 0.5) is 0 Å². The maximum absolute atomic E-state index is 13.2. The number of ether oxygens (including phenoxy) is 1. The smallest absolute Gasteiger partial charge is 0.307 e. The lowest BCUT2D eigenvalue weighted by molar-refractivity contribution is -0.159. The van der Waals surface area contributed by atoms with Crippen LogP contribution in [-0.2, 0) is 44.5 Å². The molecular formula is C25H30N4O5S. The molecule has 0 saturated carbocycles. The highest BCUT2D eigenvalue weighted by Crippen LogP contribution is 2.13. The first kappa shape index (κ1) is 26.1. The summed E-state index contributed by atoms with van der Waals surface area (Å²) in [6.07, 6.45) is 0.148. The van der Waals surface area contributed by atoms with Gasteiger partial charge in [-0.1, -0.05) is 60.7 Å². The van der Waals surface area contributed by atoms with Gasteiger partial charge in [0.25, 0.3) is 15.9 Å². The molecule has 9 nitrogen and oxygen atoms in total. The van der Waals surface area contributed by atoms with E-state index in [0.29, 0.717) is 18.9 Å². The third-order valence-corrected chi connectivity index (χ3v) is 6.71. The molecule has 0 aliphatic carbocycles. The van der Waals surface area contributed by atoms with Gasteiger partial charge in [0.1, 0.15) is 5.82 Å². The van der Waals surface area contributed by atoms with Crippen LogP contribution in [0.25, 0.3) is 0 Å². The monoisotopic (exact) mass is 498 g/mol. The van der Waals surface area contributed by atoms with Gasteiger partial charge in [-0.25, -0.2) is 18.1 Å². The molecule has 1 amide bonds. The van der Waals surface area contributed by atoms with E-state index in [9.17, 15) is 18.0 Å². The summed E-state index contributed by atoms with van der Waals surface area (Å²) in [6, 6.07) is 19.1. The van der Waals surface area contributed by atoms with Gasteiger partial charge in [-0.3, -0.25) is 9.59 Å². The second-order valence-corrected chi connectivity index (χ2v) is 9.90. The number of sulfonamides is 1. The average Bonchev–Trinajstić information content (AvgIpc) is 3.18. The minimum absolute atomic E-state index is 0.119. The Morgan fingerprint density at radius 3 is 2.06 bits per heavy atom. The number of nitrogens with zero attached hydrogens (tertiary/aromatic N) is 3. The van der Waals surface area contributed by atoms with Crippen LogP contribution in [0.2, 0.25) is 0 Å². The number of hydrogen-bond acceptors (Lipinski definition) is 6. The summed E-state index contributed by atoms with van der Waals surface area (Å²) in [5, 5.41) is -0.119. The number of carbonyl (C=O) groups excluding carboxylic acids is 2. The maximum Gasteiger partial charge on any atom is 0.307 e. The van der Waals surface area contributed by atoms with Gasteiger partial charge in [0, 0.05) is 32.9 Å². The van der Waals surface area contributed by atoms with E-state index in [1.807, 2.05) is 60.7 Å². The molecule has 0 aliphatic heterocycles. The van der Waals surface area contributed by atoms with Crippen molar-refractivity contribution in [2.45, 2.75) is 44.5 Å². The van der Waals surface area contributed by atoms with E-state index in [0.717, 1.165) is 11.1 Å². The van der Waals surface area contributed by atoms with Gasteiger partial charge in [-0.15, -0.1) is 0 Å². The molecule has 0 radical (unpaired) electrons. The van der Waals surface area contributed by atoms with E-state index >= 15 is 0 Å². The van der Waals surface area contributed by atoms with E-state index in [1.165, 1.54) is 13.1 Å². The Bertz CT molecular complexity index is 1180. The zero-order valence-corrected chi connectivity index (χ0v) is 20.9. The van der Waals surface area contributed by atoms with Gasteiger partial charge in [0.15, 0.2) is 11.1 Å². The molecule has 35 heavy (non-hydrogen) atoms. The molecule has 0 bridgehead atoms. The SMILES string of the molecule is Cc1nc(S(=O)(=O)NCCC(=O)OC(C)C(=O)N(Cc2ccccc2)Cc2ccccc2)cn1C. The van der Waals surface area contributed by atoms with Crippen LogP contribution in [0.5, 0.6) is 0 Å². The molecule has 1 N–H and O–H groups in total. The van der Waals surface area contributed by atoms with Crippen molar-refractivity contribution < 1.29 is 22.7 Å². The zero-order chi connectivity index (χ0) is 25.4. The summed E-state index contributed by atoms with van der Waals surface area (Å²) in [7, 11) is -2.16. The Hall–Kier alpha value is -3.50. The normalized spacial score (nSPS) is 12.2. The molecule has 1 heterocycles. The molecule has 3 rings (SSSR count). The molecule has 0 aliphatic rings. The van der Waals surface area contributed by atoms with Gasteiger partial charge in [-0.05, 0) is 25.0 Å². The van der Waals surface area contributed by atoms with Crippen molar-refractivity contribution in [2.75, 3.05) is 6.54 Å². The molecule has 10 heteroatoms. The molecule has 0 fully saturated rings. The number of imidazole rings is 1. The number of nitrogens with one attached hydrogen (secondary N) is 1. The average molecular weight is 499 g/mol. The second-order valence-electron chi connectivity index (χ2n) is 8.18. The number of carbonyl (C=O) groups is 2. The lowest BCUT2D eigenvalue weighted by Crippen LogP contribution is -2.39. The summed E-state index contributed by atoms with van der Waals surface area (Å²) >= 11 is 0. The molecule has 1 atom stereocenters. The van der Waals surface area contributed by atoms with Gasteiger partial charge in [-0.2, -0.15) is 0 Å². The highest BCUT2D eigenvalue weighted by Gasteiger charge is 2.25. The van der Waals surface area contributed by atoms with Crippen molar-refractivity contribution in [1.82, 2.24) is 19.2 Å². The lowest BCUT2D eigenvalue weighted by atomic mass is 10.1. The molecule has 3 aromatic rings. The Morgan fingerprint density at radius 2 is 1.57 bits per heavy atom. The minimum atomic E-state index is -3.85. The quantitative estimate of drug-likeness (QED) is 0.407. The largest absolute Gasteiger partial charge is 0.452 e. The third-order valence-electron chi connectivity index (χ3n) is 5.38. The van der Waals surface area contributed by atoms with Crippen LogP contribution in [0.15, 0.2) is 71.9 Å².